The summed E-state index contributed by atoms with van der Waals surface area (Å²) in [7, 11) is 2.54. The first kappa shape index (κ1) is 38.4. The van der Waals surface area contributed by atoms with Gasteiger partial charge in [-0.25, -0.2) is 0 Å². The lowest BCUT2D eigenvalue weighted by Gasteiger charge is -2.30. The normalized spacial score (nSPS) is 14.4. The van der Waals surface area contributed by atoms with Crippen LogP contribution in [0.25, 0.3) is 69.9 Å². The van der Waals surface area contributed by atoms with Crippen molar-refractivity contribution in [2.45, 2.75) is 97.8 Å². The molecule has 0 amide bonds. The molecular formula is C57H54BN2S. The van der Waals surface area contributed by atoms with E-state index in [1.807, 2.05) is 11.3 Å². The van der Waals surface area contributed by atoms with Crippen molar-refractivity contribution in [1.29, 1.82) is 0 Å². The third-order valence-electron chi connectivity index (χ3n) is 13.9. The molecule has 0 saturated heterocycles. The molecule has 1 N–H and O–H groups in total. The van der Waals surface area contributed by atoms with Crippen molar-refractivity contribution in [3.63, 3.8) is 0 Å². The number of hydrogen-bond acceptors (Lipinski definition) is 2. The van der Waals surface area contributed by atoms with Crippen LogP contribution in [0.3, 0.4) is 0 Å². The van der Waals surface area contributed by atoms with E-state index in [1.165, 1.54) is 109 Å². The van der Waals surface area contributed by atoms with E-state index >= 15 is 0 Å². The van der Waals surface area contributed by atoms with E-state index < -0.39 is 0 Å². The summed E-state index contributed by atoms with van der Waals surface area (Å²) in [6, 6.07) is 46.6. The van der Waals surface area contributed by atoms with Gasteiger partial charge in [0.25, 0.3) is 0 Å². The van der Waals surface area contributed by atoms with Crippen LogP contribution >= 0.6 is 11.3 Å². The van der Waals surface area contributed by atoms with Gasteiger partial charge in [-0.15, -0.1) is 11.3 Å². The van der Waals surface area contributed by atoms with Gasteiger partial charge in [-0.05, 0) is 120 Å². The van der Waals surface area contributed by atoms with E-state index in [0.717, 1.165) is 11.4 Å². The summed E-state index contributed by atoms with van der Waals surface area (Å²) < 4.78 is 5.30. The molecule has 1 radical (unpaired) electrons. The monoisotopic (exact) mass is 809 g/mol. The minimum absolute atomic E-state index is 0.000458. The van der Waals surface area contributed by atoms with E-state index in [1.54, 1.807) is 0 Å². The fourth-order valence-electron chi connectivity index (χ4n) is 10.5. The molecule has 2 aliphatic rings. The zero-order valence-electron chi connectivity index (χ0n) is 37.5. The standard InChI is InChI=1S/C57H54BN2S/c1-54(2,3)32-20-24-35(25-21-32)59-43-26-22-33(55(4,5)6)28-39(43)49-48-37-17-12-14-18-41(37)57(10,11)51(48)50-40-29-34(56(7,8)9)23-27-44(40)60-45-31-47-38(30-42(45)58-52(49)53(50)60)36-16-13-15-19-46(36)61-47/h12-31,59H,1-11H3. The van der Waals surface area contributed by atoms with Crippen LogP contribution in [0, 0.1) is 0 Å². The smallest absolute Gasteiger partial charge is 0.197 e. The van der Waals surface area contributed by atoms with Crippen molar-refractivity contribution in [3.8, 4) is 27.9 Å². The highest BCUT2D eigenvalue weighted by Crippen LogP contribution is 2.57. The molecule has 0 bridgehead atoms. The third-order valence-corrected chi connectivity index (χ3v) is 15.0. The number of anilines is 2. The van der Waals surface area contributed by atoms with Gasteiger partial charge in [0.2, 0.25) is 0 Å². The Morgan fingerprint density at radius 2 is 1.23 bits per heavy atom. The minimum atomic E-state index is -0.246. The topological polar surface area (TPSA) is 17.0 Å². The number of nitrogens with zero attached hydrogens (tertiary/aromatic N) is 1. The molecule has 2 nitrogen and oxygen atoms in total. The molecule has 1 aliphatic heterocycles. The Balaban J connectivity index is 1.31. The molecule has 2 aromatic heterocycles. The molecular weight excluding hydrogens is 756 g/mol. The largest absolute Gasteiger partial charge is 0.355 e. The first-order valence-electron chi connectivity index (χ1n) is 22.0. The number of aromatic nitrogens is 1. The van der Waals surface area contributed by atoms with Crippen molar-refractivity contribution >= 4 is 82.9 Å². The van der Waals surface area contributed by atoms with Gasteiger partial charge in [-0.2, -0.15) is 0 Å². The minimum Gasteiger partial charge on any atom is -0.355 e. The molecule has 301 valence electrons. The first-order valence-corrected chi connectivity index (χ1v) is 22.8. The lowest BCUT2D eigenvalue weighted by Crippen LogP contribution is -2.38. The van der Waals surface area contributed by atoms with Gasteiger partial charge in [0, 0.05) is 59.1 Å². The van der Waals surface area contributed by atoms with Crippen molar-refractivity contribution in [3.05, 3.63) is 149 Å². The highest BCUT2D eigenvalue weighted by Gasteiger charge is 2.43. The SMILES string of the molecule is CC(C)(C)c1ccc(Nc2ccc(C(C)(C)C)cc2-c2c3c(c4c5cc(C(C)(C)C)ccc5n5c4c2[B]c2cc4c(cc2-5)sc2ccccc24)C(C)(C)c2ccccc2-3)cc1. The summed E-state index contributed by atoms with van der Waals surface area (Å²) in [5, 5.41) is 9.36. The first-order chi connectivity index (χ1) is 28.9. The maximum Gasteiger partial charge on any atom is 0.197 e. The van der Waals surface area contributed by atoms with Gasteiger partial charge in [0.1, 0.15) is 0 Å². The van der Waals surface area contributed by atoms with Crippen LogP contribution in [0.2, 0.25) is 0 Å². The van der Waals surface area contributed by atoms with E-state index in [4.69, 9.17) is 0 Å². The summed E-state index contributed by atoms with van der Waals surface area (Å²) >= 11 is 1.90. The average Bonchev–Trinajstić information content (AvgIpc) is 3.82. The number of thiophene rings is 1. The number of nitrogens with one attached hydrogen (secondary N) is 1. The van der Waals surface area contributed by atoms with E-state index in [0.29, 0.717) is 0 Å². The van der Waals surface area contributed by atoms with Crippen molar-refractivity contribution in [1.82, 2.24) is 4.57 Å². The van der Waals surface area contributed by atoms with Crippen LogP contribution in [0.4, 0.5) is 11.4 Å². The summed E-state index contributed by atoms with van der Waals surface area (Å²) in [5.41, 5.74) is 20.4. The second kappa shape index (κ2) is 12.7. The van der Waals surface area contributed by atoms with Gasteiger partial charge in [-0.1, -0.05) is 154 Å². The van der Waals surface area contributed by atoms with Gasteiger partial charge in [0.15, 0.2) is 7.28 Å². The molecule has 0 atom stereocenters. The number of hydrogen-bond donors (Lipinski definition) is 1. The molecule has 1 aliphatic carbocycles. The second-order valence-corrected chi connectivity index (χ2v) is 22.4. The van der Waals surface area contributed by atoms with E-state index in [2.05, 4.69) is 215 Å². The summed E-state index contributed by atoms with van der Waals surface area (Å²) in [5.74, 6) is 0. The molecule has 9 aromatic rings. The maximum atomic E-state index is 3.99. The molecule has 7 aromatic carbocycles. The van der Waals surface area contributed by atoms with E-state index in [-0.39, 0.29) is 21.7 Å². The maximum absolute atomic E-state index is 3.99. The summed E-state index contributed by atoms with van der Waals surface area (Å²) in [6.45, 7) is 25.8. The Bertz CT molecular complexity index is 3320. The van der Waals surface area contributed by atoms with Gasteiger partial charge < -0.3 is 9.88 Å². The Morgan fingerprint density at radius 1 is 0.574 bits per heavy atom. The lowest BCUT2D eigenvalue weighted by atomic mass is 9.57. The van der Waals surface area contributed by atoms with Gasteiger partial charge in [-0.3, -0.25) is 0 Å². The Hall–Kier alpha value is -5.58. The number of benzene rings is 7. The lowest BCUT2D eigenvalue weighted by molar-refractivity contribution is 0.590. The quantitative estimate of drug-likeness (QED) is 0.176. The van der Waals surface area contributed by atoms with E-state index in [9.17, 15) is 0 Å². The molecule has 0 fully saturated rings. The van der Waals surface area contributed by atoms with Crippen LogP contribution < -0.4 is 16.2 Å². The van der Waals surface area contributed by atoms with Crippen molar-refractivity contribution in [2.75, 3.05) is 5.32 Å². The number of rotatable bonds is 3. The highest BCUT2D eigenvalue weighted by atomic mass is 32.1. The van der Waals surface area contributed by atoms with Crippen LogP contribution in [0.5, 0.6) is 0 Å². The molecule has 3 heterocycles. The highest BCUT2D eigenvalue weighted by molar-refractivity contribution is 7.25. The second-order valence-electron chi connectivity index (χ2n) is 21.4. The summed E-state index contributed by atoms with van der Waals surface area (Å²) in [4.78, 5) is 0. The molecule has 61 heavy (non-hydrogen) atoms. The molecule has 11 rings (SSSR count). The van der Waals surface area contributed by atoms with Crippen LogP contribution in [0.1, 0.15) is 104 Å². The third kappa shape index (κ3) is 5.67. The van der Waals surface area contributed by atoms with Gasteiger partial charge >= 0.3 is 0 Å². The van der Waals surface area contributed by atoms with Gasteiger partial charge in [0.05, 0.1) is 5.52 Å². The molecule has 0 saturated carbocycles. The molecule has 0 spiro atoms. The average molecular weight is 810 g/mol. The van der Waals surface area contributed by atoms with Crippen molar-refractivity contribution in [2.24, 2.45) is 0 Å². The molecule has 0 unspecified atom stereocenters. The van der Waals surface area contributed by atoms with Crippen molar-refractivity contribution < 1.29 is 0 Å². The Kier molecular flexibility index (Phi) is 8.01. The predicted molar refractivity (Wildman–Crippen MR) is 268 cm³/mol. The Morgan fingerprint density at radius 3 is 1.97 bits per heavy atom. The number of fused-ring (bicyclic) bond motifs is 12. The zero-order chi connectivity index (χ0) is 42.5. The predicted octanol–water partition coefficient (Wildman–Crippen LogP) is 14.7. The molecule has 4 heteroatoms. The fourth-order valence-corrected chi connectivity index (χ4v) is 11.6. The van der Waals surface area contributed by atoms with Crippen LogP contribution in [0.15, 0.2) is 121 Å². The van der Waals surface area contributed by atoms with Crippen LogP contribution in [-0.4, -0.2) is 11.8 Å². The zero-order valence-corrected chi connectivity index (χ0v) is 38.3. The Labute approximate surface area is 365 Å². The fraction of sp³-hybridized carbons (Fsp3) is 0.263. The summed E-state index contributed by atoms with van der Waals surface area (Å²) in [6.07, 6.45) is 0. The van der Waals surface area contributed by atoms with Crippen LogP contribution in [-0.2, 0) is 21.7 Å².